The molecule has 0 aromatic heterocycles. The molecule has 1 rings (SSSR count). The summed E-state index contributed by atoms with van der Waals surface area (Å²) in [4.78, 5) is -0.865. The van der Waals surface area contributed by atoms with Crippen LogP contribution < -0.4 is 0 Å². The minimum Gasteiger partial charge on any atom is -0.235 e. The van der Waals surface area contributed by atoms with Gasteiger partial charge in [0.25, 0.3) is 0 Å². The average Bonchev–Trinajstić information content (AvgIpc) is 2.10. The van der Waals surface area contributed by atoms with E-state index in [0.717, 1.165) is 0 Å². The van der Waals surface area contributed by atoms with Gasteiger partial charge in [-0.3, -0.25) is 0 Å². The lowest BCUT2D eigenvalue weighted by Crippen LogP contribution is -2.12. The van der Waals surface area contributed by atoms with Gasteiger partial charge in [-0.2, -0.15) is 0 Å². The van der Waals surface area contributed by atoms with E-state index >= 15 is 0 Å². The van der Waals surface area contributed by atoms with Crippen molar-refractivity contribution in [3.63, 3.8) is 0 Å². The topological polar surface area (TPSA) is 19.9 Å². The molecule has 1 nitrogen and oxygen atoms in total. The fourth-order valence-electron chi connectivity index (χ4n) is 0.464. The third-order valence-corrected chi connectivity index (χ3v) is 3.01. The molecule has 0 spiro atoms. The van der Waals surface area contributed by atoms with Gasteiger partial charge in [0.15, 0.2) is 0 Å². The van der Waals surface area contributed by atoms with E-state index in [1.54, 1.807) is 0 Å². The van der Waals surface area contributed by atoms with Crippen molar-refractivity contribution >= 4 is 34.8 Å². The van der Waals surface area contributed by atoms with Gasteiger partial charge in [0.05, 0.1) is 0 Å². The molecule has 1 unspecified atom stereocenters. The zero-order valence-corrected chi connectivity index (χ0v) is 6.22. The van der Waals surface area contributed by atoms with Crippen molar-refractivity contribution in [3.8, 4) is 0 Å². The van der Waals surface area contributed by atoms with E-state index < -0.39 is 15.8 Å². The highest BCUT2D eigenvalue weighted by molar-refractivity contribution is 6.57. The summed E-state index contributed by atoms with van der Waals surface area (Å²) in [6.07, 6.45) is 0.411. The first kappa shape index (κ1) is 6.94. The second-order valence-electron chi connectivity index (χ2n) is 1.99. The molecule has 1 aliphatic rings. The first-order valence-corrected chi connectivity index (χ1v) is 3.30. The van der Waals surface area contributed by atoms with Gasteiger partial charge in [0, 0.05) is 6.42 Å². The Morgan fingerprint density at radius 2 is 1.75 bits per heavy atom. The van der Waals surface area contributed by atoms with Crippen molar-refractivity contribution in [2.75, 3.05) is 6.61 Å². The molecule has 0 aromatic rings. The first-order valence-electron chi connectivity index (χ1n) is 2.17. The number of hydrogen-bond donors (Lipinski definition) is 0. The Bertz CT molecular complexity index is 114. The van der Waals surface area contributed by atoms with Gasteiger partial charge in [0.1, 0.15) is 15.8 Å². The third-order valence-electron chi connectivity index (χ3n) is 1.26. The average molecular weight is 174 g/mol. The summed E-state index contributed by atoms with van der Waals surface area (Å²) in [6, 6.07) is 0. The van der Waals surface area contributed by atoms with Crippen LogP contribution in [0.25, 0.3) is 0 Å². The maximum atomic E-state index is 10.1. The Balaban J connectivity index is 2.55. The second kappa shape index (κ2) is 1.66. The van der Waals surface area contributed by atoms with Crippen molar-refractivity contribution in [1.82, 2.24) is 0 Å². The van der Waals surface area contributed by atoms with Crippen LogP contribution in [0.4, 0.5) is 0 Å². The lowest BCUT2D eigenvalue weighted by Gasteiger charge is -2.00. The van der Waals surface area contributed by atoms with Crippen molar-refractivity contribution in [2.45, 2.75) is 15.6 Å². The largest absolute Gasteiger partial charge is 0.235 e. The third kappa shape index (κ3) is 0.820. The van der Waals surface area contributed by atoms with E-state index in [1.807, 2.05) is 0 Å². The molecule has 1 atom stereocenters. The minimum absolute atomic E-state index is 0.401. The lowest BCUT2D eigenvalue weighted by molar-refractivity contribution is 0.186. The van der Waals surface area contributed by atoms with E-state index in [1.165, 1.54) is 0 Å². The van der Waals surface area contributed by atoms with Gasteiger partial charge in [-0.05, 0) is 0 Å². The molecule has 1 fully saturated rings. The van der Waals surface area contributed by atoms with Gasteiger partial charge < -0.3 is 0 Å². The maximum absolute atomic E-state index is 10.1. The summed E-state index contributed by atoms with van der Waals surface area (Å²) in [7, 11) is 0. The van der Waals surface area contributed by atoms with Crippen LogP contribution in [0.15, 0.2) is 0 Å². The summed E-state index contributed by atoms with van der Waals surface area (Å²) in [6.45, 7) is -0.401. The van der Waals surface area contributed by atoms with Gasteiger partial charge in [-0.15, -0.1) is 11.6 Å². The molecule has 1 radical (unpaired) electrons. The van der Waals surface area contributed by atoms with Crippen LogP contribution in [0, 0.1) is 0 Å². The number of rotatable bonds is 1. The summed E-state index contributed by atoms with van der Waals surface area (Å²) in [5.41, 5.74) is 0. The van der Waals surface area contributed by atoms with Crippen molar-refractivity contribution in [2.24, 2.45) is 0 Å². The quantitative estimate of drug-likeness (QED) is 0.542. The number of halogens is 3. The molecule has 1 saturated carbocycles. The monoisotopic (exact) mass is 173 g/mol. The van der Waals surface area contributed by atoms with Crippen molar-refractivity contribution in [3.05, 3.63) is 0 Å². The Kier molecular flexibility index (Phi) is 1.44. The molecule has 0 amide bonds. The van der Waals surface area contributed by atoms with E-state index in [-0.39, 0.29) is 0 Å². The van der Waals surface area contributed by atoms with Gasteiger partial charge >= 0.3 is 0 Å². The predicted molar refractivity (Wildman–Crippen MR) is 33.2 cm³/mol. The fraction of sp³-hybridized carbons (Fsp3) is 1.00. The second-order valence-corrected chi connectivity index (χ2v) is 4.20. The van der Waals surface area contributed by atoms with E-state index in [9.17, 15) is 5.11 Å². The minimum atomic E-state index is -0.948. The van der Waals surface area contributed by atoms with Crippen LogP contribution in [0.2, 0.25) is 0 Å². The Labute approximate surface area is 62.5 Å². The van der Waals surface area contributed by atoms with Gasteiger partial charge in [0.2, 0.25) is 0 Å². The van der Waals surface area contributed by atoms with Gasteiger partial charge in [-0.25, -0.2) is 5.11 Å². The summed E-state index contributed by atoms with van der Waals surface area (Å²) >= 11 is 16.5. The van der Waals surface area contributed by atoms with Crippen LogP contribution in [0.3, 0.4) is 0 Å². The molecular formula is C4H4Cl3O. The van der Waals surface area contributed by atoms with E-state index in [0.29, 0.717) is 6.42 Å². The highest BCUT2D eigenvalue weighted by Crippen LogP contribution is 2.60. The Morgan fingerprint density at radius 1 is 1.38 bits per heavy atom. The number of alkyl halides is 3. The molecule has 0 aliphatic heterocycles. The number of hydrogen-bond acceptors (Lipinski definition) is 0. The summed E-state index contributed by atoms with van der Waals surface area (Å²) < 4.78 is -0.948. The molecule has 0 aromatic carbocycles. The smallest absolute Gasteiger partial charge is 0.141 e. The highest BCUT2D eigenvalue weighted by Gasteiger charge is 2.65. The van der Waals surface area contributed by atoms with Crippen LogP contribution in [-0.2, 0) is 5.11 Å². The maximum Gasteiger partial charge on any atom is 0.141 e. The molecule has 0 N–H and O–H groups in total. The molecule has 0 heterocycles. The molecular weight excluding hydrogens is 170 g/mol. The zero-order chi connectivity index (χ0) is 6.41. The van der Waals surface area contributed by atoms with E-state index in [4.69, 9.17) is 34.8 Å². The first-order chi connectivity index (χ1) is 3.52. The Morgan fingerprint density at radius 3 is 1.75 bits per heavy atom. The predicted octanol–water partition coefficient (Wildman–Crippen LogP) is 1.97. The van der Waals surface area contributed by atoms with Crippen LogP contribution in [-0.4, -0.2) is 15.8 Å². The highest BCUT2D eigenvalue weighted by atomic mass is 35.5. The van der Waals surface area contributed by atoms with Gasteiger partial charge in [-0.1, -0.05) is 23.2 Å². The summed E-state index contributed by atoms with van der Waals surface area (Å²) in [5.74, 6) is 0. The standard InChI is InChI=1S/C4H4Cl3O/c5-3(2-8)1-4(3,6)7/h1-2H2. The molecule has 4 heteroatoms. The van der Waals surface area contributed by atoms with Crippen molar-refractivity contribution < 1.29 is 5.11 Å². The summed E-state index contributed by atoms with van der Waals surface area (Å²) in [5, 5.41) is 10.1. The molecule has 1 aliphatic carbocycles. The molecule has 8 heavy (non-hydrogen) atoms. The van der Waals surface area contributed by atoms with E-state index in [2.05, 4.69) is 0 Å². The van der Waals surface area contributed by atoms with Crippen LogP contribution in [0.5, 0.6) is 0 Å². The van der Waals surface area contributed by atoms with Crippen molar-refractivity contribution in [1.29, 1.82) is 0 Å². The molecule has 0 bridgehead atoms. The van der Waals surface area contributed by atoms with Crippen LogP contribution >= 0.6 is 34.8 Å². The molecule has 47 valence electrons. The normalized spacial score (nSPS) is 42.0. The lowest BCUT2D eigenvalue weighted by atomic mass is 10.5. The van der Waals surface area contributed by atoms with Crippen LogP contribution in [0.1, 0.15) is 6.42 Å². The molecule has 0 saturated heterocycles. The Hall–Kier alpha value is 0.830. The zero-order valence-electron chi connectivity index (χ0n) is 3.96. The fourth-order valence-corrected chi connectivity index (χ4v) is 1.37. The SMILES string of the molecule is [O]CC1(Cl)CC1(Cl)Cl.